The van der Waals surface area contributed by atoms with Crippen molar-refractivity contribution in [2.45, 2.75) is 0 Å². The van der Waals surface area contributed by atoms with Crippen LogP contribution in [0.2, 0.25) is 5.02 Å². The van der Waals surface area contributed by atoms with Crippen molar-refractivity contribution >= 4 is 28.9 Å². The highest BCUT2D eigenvalue weighted by atomic mass is 35.5. The van der Waals surface area contributed by atoms with E-state index in [0.29, 0.717) is 27.7 Å². The van der Waals surface area contributed by atoms with E-state index in [9.17, 15) is 4.79 Å². The van der Waals surface area contributed by atoms with Crippen molar-refractivity contribution in [2.75, 3.05) is 24.8 Å². The van der Waals surface area contributed by atoms with Gasteiger partial charge in [0, 0.05) is 25.0 Å². The smallest absolute Gasteiger partial charge is 0.257 e. The van der Waals surface area contributed by atoms with Crippen molar-refractivity contribution in [3.05, 3.63) is 47.2 Å². The molecule has 0 aliphatic rings. The lowest BCUT2D eigenvalue weighted by molar-refractivity contribution is 0.102. The molecule has 5 nitrogen and oxygen atoms in total. The van der Waals surface area contributed by atoms with Gasteiger partial charge in [0.05, 0.1) is 29.6 Å². The molecular weight excluding hydrogens is 278 g/mol. The Balaban J connectivity index is 2.23. The minimum atomic E-state index is -0.235. The third-order valence-electron chi connectivity index (χ3n) is 2.74. The molecule has 1 aromatic heterocycles. The van der Waals surface area contributed by atoms with Gasteiger partial charge in [-0.1, -0.05) is 11.6 Å². The van der Waals surface area contributed by atoms with E-state index in [2.05, 4.69) is 15.6 Å². The van der Waals surface area contributed by atoms with Crippen LogP contribution in [0.4, 0.5) is 11.4 Å². The topological polar surface area (TPSA) is 63.2 Å². The van der Waals surface area contributed by atoms with Gasteiger partial charge in [-0.15, -0.1) is 0 Å². The maximum Gasteiger partial charge on any atom is 0.257 e. The first kappa shape index (κ1) is 14.1. The quantitative estimate of drug-likeness (QED) is 0.909. The van der Waals surface area contributed by atoms with E-state index in [-0.39, 0.29) is 5.91 Å². The second-order valence-electron chi connectivity index (χ2n) is 3.97. The van der Waals surface area contributed by atoms with E-state index in [1.54, 1.807) is 43.7 Å². The molecule has 1 heterocycles. The number of anilines is 2. The Labute approximate surface area is 121 Å². The minimum Gasteiger partial charge on any atom is -0.495 e. The van der Waals surface area contributed by atoms with E-state index in [1.807, 2.05) is 0 Å². The second-order valence-corrected chi connectivity index (χ2v) is 4.38. The van der Waals surface area contributed by atoms with Gasteiger partial charge in [-0.25, -0.2) is 0 Å². The number of nitrogens with zero attached hydrogens (tertiary/aromatic N) is 1. The lowest BCUT2D eigenvalue weighted by atomic mass is 10.2. The fraction of sp³-hybridized carbons (Fsp3) is 0.143. The number of methoxy groups -OCH3 is 1. The van der Waals surface area contributed by atoms with Crippen LogP contribution >= 0.6 is 11.6 Å². The van der Waals surface area contributed by atoms with Gasteiger partial charge in [-0.05, 0) is 18.2 Å². The number of aromatic nitrogens is 1. The first-order chi connectivity index (χ1) is 9.65. The molecule has 0 atom stereocenters. The summed E-state index contributed by atoms with van der Waals surface area (Å²) >= 11 is 5.94. The van der Waals surface area contributed by atoms with E-state index < -0.39 is 0 Å². The Kier molecular flexibility index (Phi) is 4.42. The van der Waals surface area contributed by atoms with Crippen LogP contribution in [-0.2, 0) is 0 Å². The molecule has 0 radical (unpaired) electrons. The third kappa shape index (κ3) is 3.00. The molecule has 2 aromatic rings. The van der Waals surface area contributed by atoms with Gasteiger partial charge in [-0.3, -0.25) is 9.78 Å². The number of benzene rings is 1. The molecule has 0 spiro atoms. The number of amides is 1. The number of pyridine rings is 1. The molecule has 0 fully saturated rings. The molecule has 0 saturated carbocycles. The average Bonchev–Trinajstić information content (AvgIpc) is 2.49. The second kappa shape index (κ2) is 6.25. The molecule has 6 heteroatoms. The molecule has 1 aromatic carbocycles. The summed E-state index contributed by atoms with van der Waals surface area (Å²) < 4.78 is 5.11. The van der Waals surface area contributed by atoms with Crippen molar-refractivity contribution in [3.63, 3.8) is 0 Å². The van der Waals surface area contributed by atoms with Crippen LogP contribution in [0.3, 0.4) is 0 Å². The van der Waals surface area contributed by atoms with Crippen molar-refractivity contribution in [2.24, 2.45) is 0 Å². The zero-order valence-corrected chi connectivity index (χ0v) is 11.9. The number of carbonyl (C=O) groups is 1. The summed E-state index contributed by atoms with van der Waals surface area (Å²) in [6.45, 7) is 0. The molecule has 0 bridgehead atoms. The summed E-state index contributed by atoms with van der Waals surface area (Å²) in [4.78, 5) is 16.2. The van der Waals surface area contributed by atoms with Crippen LogP contribution in [0.15, 0.2) is 36.7 Å². The molecule has 0 aliphatic carbocycles. The molecule has 2 N–H and O–H groups in total. The molecule has 20 heavy (non-hydrogen) atoms. The highest BCUT2D eigenvalue weighted by Crippen LogP contribution is 2.27. The molecule has 0 unspecified atom stereocenters. The molecule has 1 amide bonds. The normalized spacial score (nSPS) is 9.95. The molecule has 0 aliphatic heterocycles. The van der Waals surface area contributed by atoms with Crippen molar-refractivity contribution < 1.29 is 9.53 Å². The van der Waals surface area contributed by atoms with Gasteiger partial charge < -0.3 is 15.4 Å². The number of nitrogens with one attached hydrogen (secondary N) is 2. The first-order valence-electron chi connectivity index (χ1n) is 5.92. The summed E-state index contributed by atoms with van der Waals surface area (Å²) in [7, 11) is 3.26. The van der Waals surface area contributed by atoms with Crippen LogP contribution in [-0.4, -0.2) is 25.0 Å². The van der Waals surface area contributed by atoms with Crippen molar-refractivity contribution in [3.8, 4) is 5.75 Å². The van der Waals surface area contributed by atoms with Crippen LogP contribution in [0, 0.1) is 0 Å². The van der Waals surface area contributed by atoms with Gasteiger partial charge in [0.2, 0.25) is 0 Å². The summed E-state index contributed by atoms with van der Waals surface area (Å²) in [5.41, 5.74) is 1.78. The van der Waals surface area contributed by atoms with Gasteiger partial charge in [0.15, 0.2) is 0 Å². The van der Waals surface area contributed by atoms with E-state index >= 15 is 0 Å². The predicted molar refractivity (Wildman–Crippen MR) is 79.7 cm³/mol. The van der Waals surface area contributed by atoms with Crippen LogP contribution in [0.25, 0.3) is 0 Å². The zero-order chi connectivity index (χ0) is 14.5. The highest BCUT2D eigenvalue weighted by Gasteiger charge is 2.11. The van der Waals surface area contributed by atoms with Crippen molar-refractivity contribution in [1.82, 2.24) is 4.98 Å². The van der Waals surface area contributed by atoms with Gasteiger partial charge >= 0.3 is 0 Å². The largest absolute Gasteiger partial charge is 0.495 e. The average molecular weight is 292 g/mol. The Bertz CT molecular complexity index is 632. The number of ether oxygens (including phenoxy) is 1. The van der Waals surface area contributed by atoms with Crippen LogP contribution < -0.4 is 15.4 Å². The van der Waals surface area contributed by atoms with Crippen LogP contribution in [0.5, 0.6) is 5.75 Å². The number of hydrogen-bond acceptors (Lipinski definition) is 4. The van der Waals surface area contributed by atoms with Gasteiger partial charge in [0.1, 0.15) is 5.75 Å². The third-order valence-corrected chi connectivity index (χ3v) is 3.06. The Morgan fingerprint density at radius 1 is 1.35 bits per heavy atom. The monoisotopic (exact) mass is 291 g/mol. The fourth-order valence-electron chi connectivity index (χ4n) is 1.73. The SMILES string of the molecule is CNc1cnccc1C(=O)Nc1ccc(Cl)c(OC)c1. The zero-order valence-electron chi connectivity index (χ0n) is 11.1. The van der Waals surface area contributed by atoms with E-state index in [4.69, 9.17) is 16.3 Å². The molecule has 0 saturated heterocycles. The first-order valence-corrected chi connectivity index (χ1v) is 6.30. The Hall–Kier alpha value is -2.27. The molecule has 104 valence electrons. The molecule has 2 rings (SSSR count). The maximum absolute atomic E-state index is 12.2. The predicted octanol–water partition coefficient (Wildman–Crippen LogP) is 3.04. The lowest BCUT2D eigenvalue weighted by Gasteiger charge is -2.10. The number of carbonyl (C=O) groups excluding carboxylic acids is 1. The number of halogens is 1. The van der Waals surface area contributed by atoms with Crippen molar-refractivity contribution in [1.29, 1.82) is 0 Å². The van der Waals surface area contributed by atoms with E-state index in [1.165, 1.54) is 7.11 Å². The number of hydrogen-bond donors (Lipinski definition) is 2. The summed E-state index contributed by atoms with van der Waals surface area (Å²) in [6, 6.07) is 6.69. The summed E-state index contributed by atoms with van der Waals surface area (Å²) in [6.07, 6.45) is 3.16. The lowest BCUT2D eigenvalue weighted by Crippen LogP contribution is -2.14. The van der Waals surface area contributed by atoms with Gasteiger partial charge in [-0.2, -0.15) is 0 Å². The Morgan fingerprint density at radius 2 is 2.15 bits per heavy atom. The Morgan fingerprint density at radius 3 is 2.85 bits per heavy atom. The molecular formula is C14H14ClN3O2. The van der Waals surface area contributed by atoms with Gasteiger partial charge in [0.25, 0.3) is 5.91 Å². The van der Waals surface area contributed by atoms with E-state index in [0.717, 1.165) is 0 Å². The summed E-state index contributed by atoms with van der Waals surface area (Å²) in [5.74, 6) is 0.272. The number of rotatable bonds is 4. The minimum absolute atomic E-state index is 0.235. The summed E-state index contributed by atoms with van der Waals surface area (Å²) in [5, 5.41) is 6.21. The van der Waals surface area contributed by atoms with Crippen LogP contribution in [0.1, 0.15) is 10.4 Å². The maximum atomic E-state index is 12.2. The standard InChI is InChI=1S/C14H14ClN3O2/c1-16-12-8-17-6-5-10(12)14(19)18-9-3-4-11(15)13(7-9)20-2/h3-8,16H,1-2H3,(H,18,19). The highest BCUT2D eigenvalue weighted by molar-refractivity contribution is 6.32. The fourth-order valence-corrected chi connectivity index (χ4v) is 1.92.